The van der Waals surface area contributed by atoms with Crippen molar-refractivity contribution < 1.29 is 35.1 Å². The van der Waals surface area contributed by atoms with Gasteiger partial charge in [0, 0.05) is 12.5 Å². The van der Waals surface area contributed by atoms with E-state index in [0.29, 0.717) is 0 Å². The van der Waals surface area contributed by atoms with Crippen molar-refractivity contribution in [1.82, 2.24) is 4.90 Å². The number of likely N-dealkylation sites (N-methyl/N-ethyl adjacent to an activating group) is 1. The van der Waals surface area contributed by atoms with Crippen LogP contribution in [-0.4, -0.2) is 71.0 Å². The van der Waals surface area contributed by atoms with Gasteiger partial charge in [0.25, 0.3) is 6.47 Å². The smallest absolute Gasteiger partial charge is 0.306 e. The highest BCUT2D eigenvalue weighted by molar-refractivity contribution is 5.66. The number of hydrogen-bond acceptors (Lipinski definition) is 6. The second-order valence-corrected chi connectivity index (χ2v) is 7.18. The van der Waals surface area contributed by atoms with Crippen molar-refractivity contribution in [2.45, 2.75) is 50.0 Å². The lowest BCUT2D eigenvalue weighted by atomic mass is 9.72. The molecule has 1 saturated carbocycles. The molecule has 1 aromatic rings. The summed E-state index contributed by atoms with van der Waals surface area (Å²) in [6, 6.07) is 7.31. The molecule has 5 N–H and O–H groups in total. The molecule has 1 aliphatic rings. The van der Waals surface area contributed by atoms with Crippen molar-refractivity contribution in [3.8, 4) is 5.75 Å². The van der Waals surface area contributed by atoms with Crippen molar-refractivity contribution in [1.29, 1.82) is 0 Å². The minimum absolute atomic E-state index is 0. The van der Waals surface area contributed by atoms with E-state index in [1.165, 1.54) is 6.42 Å². The minimum atomic E-state index is -0.966. The van der Waals surface area contributed by atoms with Crippen molar-refractivity contribution in [3.05, 3.63) is 29.8 Å². The van der Waals surface area contributed by atoms with E-state index >= 15 is 0 Å². The first-order chi connectivity index (χ1) is 12.8. The van der Waals surface area contributed by atoms with Crippen molar-refractivity contribution >= 4 is 12.4 Å². The van der Waals surface area contributed by atoms with Crippen LogP contribution in [0.5, 0.6) is 5.75 Å². The summed E-state index contributed by atoms with van der Waals surface area (Å²) in [7, 11) is 4.08. The maximum absolute atomic E-state index is 11.0. The van der Waals surface area contributed by atoms with Gasteiger partial charge in [-0.25, -0.2) is 0 Å². The Balaban J connectivity index is 0.000000694. The molecule has 2 rings (SSSR count). The molecule has 0 aromatic heterocycles. The van der Waals surface area contributed by atoms with Gasteiger partial charge in [0.2, 0.25) is 0 Å². The van der Waals surface area contributed by atoms with E-state index in [-0.39, 0.29) is 36.6 Å². The van der Waals surface area contributed by atoms with Gasteiger partial charge in [-0.05, 0) is 44.6 Å². The van der Waals surface area contributed by atoms with Gasteiger partial charge in [-0.2, -0.15) is 0 Å². The first-order valence-electron chi connectivity index (χ1n) is 9.21. The normalized spacial score (nSPS) is 16.1. The summed E-state index contributed by atoms with van der Waals surface area (Å²) in [6.45, 7) is 1.02. The second kappa shape index (κ2) is 13.1. The average Bonchev–Trinajstić information content (AvgIpc) is 2.61. The predicted octanol–water partition coefficient (Wildman–Crippen LogP) is 1.54. The van der Waals surface area contributed by atoms with Crippen molar-refractivity contribution in [2.75, 3.05) is 27.2 Å². The van der Waals surface area contributed by atoms with E-state index in [1.807, 2.05) is 26.2 Å². The number of nitrogens with zero attached hydrogens (tertiary/aromatic N) is 1. The van der Waals surface area contributed by atoms with Crippen LogP contribution in [-0.2, 0) is 14.3 Å². The Morgan fingerprint density at radius 1 is 1.21 bits per heavy atom. The number of carboxylic acid groups (broad SMARTS) is 1. The van der Waals surface area contributed by atoms with Crippen LogP contribution < -0.4 is 0 Å². The molecule has 28 heavy (non-hydrogen) atoms. The van der Waals surface area contributed by atoms with Crippen LogP contribution >= 0.6 is 0 Å². The van der Waals surface area contributed by atoms with Crippen LogP contribution in [0.2, 0.25) is 0 Å². The maximum atomic E-state index is 11.0. The topological polar surface area (TPSA) is 139 Å². The van der Waals surface area contributed by atoms with Gasteiger partial charge in [0.05, 0.1) is 12.0 Å². The molecule has 0 aliphatic heterocycles. The van der Waals surface area contributed by atoms with Crippen LogP contribution in [0.4, 0.5) is 0 Å². The lowest BCUT2D eigenvalue weighted by Crippen LogP contribution is -2.42. The Kier molecular flexibility index (Phi) is 12.1. The molecule has 1 fully saturated rings. The van der Waals surface area contributed by atoms with Crippen LogP contribution in [0.15, 0.2) is 24.3 Å². The molecule has 1 aromatic carbocycles. The first-order valence-corrected chi connectivity index (χ1v) is 9.21. The number of aliphatic hydroxyl groups is 1. The average molecular weight is 399 g/mol. The number of carbonyl (C=O) groups excluding carboxylic acids is 1. The number of phenolic OH excluding ortho intramolecular Hbond substituents is 1. The fourth-order valence-corrected chi connectivity index (χ4v) is 3.36. The molecule has 0 spiro atoms. The van der Waals surface area contributed by atoms with E-state index < -0.39 is 11.6 Å². The summed E-state index contributed by atoms with van der Waals surface area (Å²) in [4.78, 5) is 21.2. The van der Waals surface area contributed by atoms with E-state index in [2.05, 4.69) is 9.64 Å². The lowest BCUT2D eigenvalue weighted by molar-refractivity contribution is -0.139. The zero-order valence-corrected chi connectivity index (χ0v) is 16.6. The van der Waals surface area contributed by atoms with Crippen molar-refractivity contribution in [2.24, 2.45) is 0 Å². The van der Waals surface area contributed by atoms with Crippen LogP contribution in [0.1, 0.15) is 50.0 Å². The van der Waals surface area contributed by atoms with Gasteiger partial charge in [0.15, 0.2) is 0 Å². The summed E-state index contributed by atoms with van der Waals surface area (Å²) in [6.07, 6.45) is 5.08. The molecule has 1 unspecified atom stereocenters. The van der Waals surface area contributed by atoms with E-state index in [4.69, 9.17) is 5.11 Å². The standard InChI is InChI=1S/C16H25NO2.C4H6O4.H2O/c1-17(2)12-15(13-6-8-14(18)9-7-13)16(19)10-4-3-5-11-16;5-3-8-2-1-4(6)7;/h6-9,15,18-19H,3-5,10-12H2,1-2H3;3H,1-2H2,(H,6,7);1H2. The molecule has 0 radical (unpaired) electrons. The molecule has 0 amide bonds. The number of rotatable bonds is 8. The van der Waals surface area contributed by atoms with Gasteiger partial charge in [-0.1, -0.05) is 31.4 Å². The summed E-state index contributed by atoms with van der Waals surface area (Å²) in [5.74, 6) is -0.571. The Bertz CT molecular complexity index is 568. The Morgan fingerprint density at radius 3 is 2.25 bits per heavy atom. The SMILES string of the molecule is CN(C)CC(c1ccc(O)cc1)C1(O)CCCCC1.O.O=COCCC(=O)O. The molecule has 0 saturated heterocycles. The fraction of sp³-hybridized carbons (Fsp3) is 0.600. The van der Waals surface area contributed by atoms with Crippen molar-refractivity contribution in [3.63, 3.8) is 0 Å². The highest BCUT2D eigenvalue weighted by Gasteiger charge is 2.38. The Morgan fingerprint density at radius 2 is 1.79 bits per heavy atom. The third-order valence-electron chi connectivity index (χ3n) is 4.71. The van der Waals surface area contributed by atoms with Gasteiger partial charge < -0.3 is 30.4 Å². The number of benzene rings is 1. The minimum Gasteiger partial charge on any atom is -0.508 e. The number of carbonyl (C=O) groups is 2. The Labute approximate surface area is 166 Å². The molecule has 8 nitrogen and oxygen atoms in total. The molecule has 1 atom stereocenters. The first kappa shape index (κ1) is 25.8. The van der Waals surface area contributed by atoms with E-state index in [1.54, 1.807) is 12.1 Å². The van der Waals surface area contributed by atoms with Crippen LogP contribution in [0.3, 0.4) is 0 Å². The summed E-state index contributed by atoms with van der Waals surface area (Å²) >= 11 is 0. The number of ether oxygens (including phenoxy) is 1. The zero-order valence-electron chi connectivity index (χ0n) is 16.6. The van der Waals surface area contributed by atoms with Gasteiger partial charge in [0.1, 0.15) is 12.4 Å². The van der Waals surface area contributed by atoms with E-state index in [0.717, 1.165) is 37.8 Å². The van der Waals surface area contributed by atoms with Crippen LogP contribution in [0, 0.1) is 0 Å². The van der Waals surface area contributed by atoms with E-state index in [9.17, 15) is 19.8 Å². The highest BCUT2D eigenvalue weighted by atomic mass is 16.5. The number of hydrogen-bond donors (Lipinski definition) is 3. The summed E-state index contributed by atoms with van der Waals surface area (Å²) < 4.78 is 4.08. The largest absolute Gasteiger partial charge is 0.508 e. The monoisotopic (exact) mass is 399 g/mol. The number of carboxylic acids is 1. The lowest BCUT2D eigenvalue weighted by Gasteiger charge is -2.40. The number of aliphatic carboxylic acids is 1. The number of phenols is 1. The van der Waals surface area contributed by atoms with Crippen LogP contribution in [0.25, 0.3) is 0 Å². The van der Waals surface area contributed by atoms with Gasteiger partial charge in [-0.3, -0.25) is 9.59 Å². The molecular weight excluding hydrogens is 366 g/mol. The zero-order chi connectivity index (χ0) is 20.3. The molecule has 1 aliphatic carbocycles. The summed E-state index contributed by atoms with van der Waals surface area (Å²) in [5, 5.41) is 28.4. The third-order valence-corrected chi connectivity index (χ3v) is 4.71. The second-order valence-electron chi connectivity index (χ2n) is 7.18. The molecule has 0 bridgehead atoms. The Hall–Kier alpha value is -2.16. The molecular formula is C20H33NO7. The molecule has 8 heteroatoms. The fourth-order valence-electron chi connectivity index (χ4n) is 3.36. The maximum Gasteiger partial charge on any atom is 0.306 e. The quantitative estimate of drug-likeness (QED) is 0.445. The van der Waals surface area contributed by atoms with Gasteiger partial charge in [-0.15, -0.1) is 0 Å². The summed E-state index contributed by atoms with van der Waals surface area (Å²) in [5.41, 5.74) is 0.523. The molecule has 160 valence electrons. The third kappa shape index (κ3) is 9.16. The number of aromatic hydroxyl groups is 1. The van der Waals surface area contributed by atoms with Gasteiger partial charge >= 0.3 is 5.97 Å². The highest BCUT2D eigenvalue weighted by Crippen LogP contribution is 2.40. The molecule has 0 heterocycles. The predicted molar refractivity (Wildman–Crippen MR) is 105 cm³/mol.